The van der Waals surface area contributed by atoms with E-state index in [4.69, 9.17) is 14.0 Å². The highest BCUT2D eigenvalue weighted by Crippen LogP contribution is 2.24. The van der Waals surface area contributed by atoms with Gasteiger partial charge in [0.05, 0.1) is 6.61 Å². The largest absolute Gasteiger partial charge is 0.394 e. The summed E-state index contributed by atoms with van der Waals surface area (Å²) < 4.78 is 9.76. The van der Waals surface area contributed by atoms with Crippen LogP contribution >= 0.6 is 12.0 Å². The minimum atomic E-state index is -1.35. The first-order chi connectivity index (χ1) is 6.61. The van der Waals surface area contributed by atoms with Crippen LogP contribution in [0.25, 0.3) is 0 Å². The molecule has 6 nitrogen and oxygen atoms in total. The molecular formula is C7H14O6S. The fourth-order valence-electron chi connectivity index (χ4n) is 1.29. The van der Waals surface area contributed by atoms with Gasteiger partial charge in [-0.1, -0.05) is 0 Å². The van der Waals surface area contributed by atoms with E-state index >= 15 is 0 Å². The molecule has 1 aliphatic rings. The normalized spacial score (nSPS) is 43.9. The van der Waals surface area contributed by atoms with E-state index in [9.17, 15) is 15.3 Å². The zero-order valence-electron chi connectivity index (χ0n) is 7.61. The highest BCUT2D eigenvalue weighted by molar-refractivity contribution is 7.93. The van der Waals surface area contributed by atoms with E-state index in [0.29, 0.717) is 0 Å². The molecule has 84 valence electrons. The van der Waals surface area contributed by atoms with Crippen molar-refractivity contribution in [2.75, 3.05) is 12.9 Å². The number of ether oxygens (including phenoxy) is 1. The van der Waals surface area contributed by atoms with Crippen LogP contribution in [0.2, 0.25) is 0 Å². The van der Waals surface area contributed by atoms with Crippen molar-refractivity contribution in [1.29, 1.82) is 0 Å². The van der Waals surface area contributed by atoms with Gasteiger partial charge in [-0.2, -0.15) is 0 Å². The third kappa shape index (κ3) is 2.37. The van der Waals surface area contributed by atoms with Crippen molar-refractivity contribution in [2.24, 2.45) is 0 Å². The van der Waals surface area contributed by atoms with Crippen molar-refractivity contribution in [2.45, 2.75) is 30.7 Å². The van der Waals surface area contributed by atoms with Crippen LogP contribution in [0.4, 0.5) is 0 Å². The molecule has 7 heteroatoms. The molecule has 0 saturated carbocycles. The van der Waals surface area contributed by atoms with Crippen molar-refractivity contribution in [3.8, 4) is 0 Å². The summed E-state index contributed by atoms with van der Waals surface area (Å²) in [5, 5.41) is 37.0. The van der Waals surface area contributed by atoms with Crippen LogP contribution in [0.1, 0.15) is 0 Å². The van der Waals surface area contributed by atoms with Crippen LogP contribution in [0.15, 0.2) is 0 Å². The lowest BCUT2D eigenvalue weighted by atomic mass is 9.99. The standard InChI is InChI=1S/C7H14O6S/c1-14-13-6-5(10)4(9)3(2-8)12-7(6)11/h3-11H,2H2,1H3/t3-,4+,5+,6-,7?/m1/s1. The smallest absolute Gasteiger partial charge is 0.185 e. The maximum Gasteiger partial charge on any atom is 0.185 e. The molecule has 1 rings (SSSR count). The Morgan fingerprint density at radius 1 is 1.29 bits per heavy atom. The van der Waals surface area contributed by atoms with E-state index in [2.05, 4.69) is 0 Å². The summed E-state index contributed by atoms with van der Waals surface area (Å²) in [5.41, 5.74) is 0. The fraction of sp³-hybridized carbons (Fsp3) is 1.00. The molecular weight excluding hydrogens is 212 g/mol. The predicted octanol–water partition coefficient (Wildman–Crippen LogP) is -1.92. The molecule has 1 heterocycles. The van der Waals surface area contributed by atoms with Gasteiger partial charge in [-0.25, -0.2) is 0 Å². The van der Waals surface area contributed by atoms with Gasteiger partial charge < -0.3 is 29.3 Å². The molecule has 1 fully saturated rings. The topological polar surface area (TPSA) is 99.4 Å². The third-order valence-corrected chi connectivity index (χ3v) is 2.46. The van der Waals surface area contributed by atoms with E-state index < -0.39 is 37.3 Å². The van der Waals surface area contributed by atoms with Gasteiger partial charge in [0, 0.05) is 6.26 Å². The summed E-state index contributed by atoms with van der Waals surface area (Å²) in [6.07, 6.45) is -4.27. The first-order valence-corrected chi connectivity index (χ1v) is 5.26. The van der Waals surface area contributed by atoms with Crippen LogP contribution in [-0.2, 0) is 8.92 Å². The van der Waals surface area contributed by atoms with E-state index in [1.54, 1.807) is 6.26 Å². The van der Waals surface area contributed by atoms with Gasteiger partial charge in [0.25, 0.3) is 0 Å². The SMILES string of the molecule is CSO[C@H]1C(O)O[C@H](CO)[C@H](O)[C@@H]1O. The quantitative estimate of drug-likeness (QED) is 0.416. The van der Waals surface area contributed by atoms with Gasteiger partial charge >= 0.3 is 0 Å². The Hall–Kier alpha value is 0.110. The fourth-order valence-corrected chi connectivity index (χ4v) is 1.72. The van der Waals surface area contributed by atoms with Gasteiger partial charge in [0.15, 0.2) is 12.4 Å². The highest BCUT2D eigenvalue weighted by Gasteiger charge is 2.44. The van der Waals surface area contributed by atoms with Crippen molar-refractivity contribution < 1.29 is 29.3 Å². The molecule has 5 atom stereocenters. The Morgan fingerprint density at radius 2 is 1.93 bits per heavy atom. The van der Waals surface area contributed by atoms with E-state index in [1.165, 1.54) is 0 Å². The van der Waals surface area contributed by atoms with Gasteiger partial charge in [0.1, 0.15) is 18.3 Å². The van der Waals surface area contributed by atoms with E-state index in [-0.39, 0.29) is 0 Å². The van der Waals surface area contributed by atoms with Crippen LogP contribution < -0.4 is 0 Å². The molecule has 14 heavy (non-hydrogen) atoms. The number of hydrogen-bond acceptors (Lipinski definition) is 7. The Labute approximate surface area is 85.7 Å². The monoisotopic (exact) mass is 226 g/mol. The summed E-state index contributed by atoms with van der Waals surface area (Å²) in [7, 11) is 0. The summed E-state index contributed by atoms with van der Waals surface area (Å²) in [4.78, 5) is 0. The number of rotatable bonds is 3. The lowest BCUT2D eigenvalue weighted by molar-refractivity contribution is -0.278. The first kappa shape index (κ1) is 12.2. The Morgan fingerprint density at radius 3 is 2.43 bits per heavy atom. The average Bonchev–Trinajstić information content (AvgIpc) is 2.18. The van der Waals surface area contributed by atoms with Crippen LogP contribution in [-0.4, -0.2) is 64.0 Å². The molecule has 0 radical (unpaired) electrons. The number of aliphatic hydroxyl groups excluding tert-OH is 4. The third-order valence-electron chi connectivity index (χ3n) is 2.05. The second-order valence-corrected chi connectivity index (χ2v) is 3.48. The molecule has 0 amide bonds. The van der Waals surface area contributed by atoms with Gasteiger partial charge in [-0.3, -0.25) is 0 Å². The second kappa shape index (κ2) is 5.26. The minimum absolute atomic E-state index is 0.471. The predicted molar refractivity (Wildman–Crippen MR) is 48.4 cm³/mol. The Balaban J connectivity index is 2.63. The van der Waals surface area contributed by atoms with Crippen LogP contribution in [0, 0.1) is 0 Å². The number of hydrogen-bond donors (Lipinski definition) is 4. The lowest BCUT2D eigenvalue weighted by Gasteiger charge is -2.39. The van der Waals surface area contributed by atoms with Crippen LogP contribution in [0.5, 0.6) is 0 Å². The average molecular weight is 226 g/mol. The molecule has 4 N–H and O–H groups in total. The van der Waals surface area contributed by atoms with Crippen molar-refractivity contribution in [1.82, 2.24) is 0 Å². The Bertz CT molecular complexity index is 180. The first-order valence-electron chi connectivity index (χ1n) is 4.11. The summed E-state index contributed by atoms with van der Waals surface area (Å²) in [6, 6.07) is 0. The maximum atomic E-state index is 9.50. The van der Waals surface area contributed by atoms with Crippen molar-refractivity contribution in [3.63, 3.8) is 0 Å². The van der Waals surface area contributed by atoms with Gasteiger partial charge in [0.2, 0.25) is 0 Å². The molecule has 1 saturated heterocycles. The molecule has 0 aliphatic carbocycles. The Kier molecular flexibility index (Phi) is 4.58. The molecule has 0 bridgehead atoms. The number of aliphatic hydroxyl groups is 4. The van der Waals surface area contributed by atoms with Crippen molar-refractivity contribution >= 4 is 12.0 Å². The van der Waals surface area contributed by atoms with Gasteiger partial charge in [-0.05, 0) is 12.0 Å². The zero-order valence-corrected chi connectivity index (χ0v) is 8.42. The zero-order chi connectivity index (χ0) is 10.7. The van der Waals surface area contributed by atoms with E-state index in [1.807, 2.05) is 0 Å². The molecule has 0 spiro atoms. The molecule has 1 aliphatic heterocycles. The van der Waals surface area contributed by atoms with Crippen LogP contribution in [0.3, 0.4) is 0 Å². The summed E-state index contributed by atoms with van der Waals surface area (Å²) in [5.74, 6) is 0. The second-order valence-electron chi connectivity index (χ2n) is 2.96. The molecule has 0 aromatic carbocycles. The maximum absolute atomic E-state index is 9.50. The lowest BCUT2D eigenvalue weighted by Crippen LogP contribution is -2.58. The van der Waals surface area contributed by atoms with E-state index in [0.717, 1.165) is 12.0 Å². The summed E-state index contributed by atoms with van der Waals surface area (Å²) in [6.45, 7) is -0.471. The molecule has 0 aromatic rings. The summed E-state index contributed by atoms with van der Waals surface area (Å²) >= 11 is 0.953. The van der Waals surface area contributed by atoms with Crippen molar-refractivity contribution in [3.05, 3.63) is 0 Å². The van der Waals surface area contributed by atoms with Gasteiger partial charge in [-0.15, -0.1) is 0 Å². The highest BCUT2D eigenvalue weighted by atomic mass is 32.2. The minimum Gasteiger partial charge on any atom is -0.394 e. The molecule has 0 aromatic heterocycles. The molecule has 1 unspecified atom stereocenters.